The van der Waals surface area contributed by atoms with Crippen molar-refractivity contribution in [2.24, 2.45) is 0 Å². The molecule has 5 rings (SSSR count). The molecule has 0 spiro atoms. The van der Waals surface area contributed by atoms with Crippen LogP contribution in [0.4, 0.5) is 13.2 Å². The van der Waals surface area contributed by atoms with Crippen molar-refractivity contribution in [1.82, 2.24) is 9.80 Å². The maximum Gasteiger partial charge on any atom is 0.471 e. The van der Waals surface area contributed by atoms with Crippen LogP contribution in [0.1, 0.15) is 28.4 Å². The smallest absolute Gasteiger partial charge is 0.471 e. The van der Waals surface area contributed by atoms with E-state index in [2.05, 4.69) is 18.2 Å². The van der Waals surface area contributed by atoms with Gasteiger partial charge in [0.15, 0.2) is 0 Å². The van der Waals surface area contributed by atoms with Crippen LogP contribution in [0, 0.1) is 11.3 Å². The molecule has 1 fully saturated rings. The summed E-state index contributed by atoms with van der Waals surface area (Å²) in [4.78, 5) is 15.7. The normalized spacial score (nSPS) is 19.4. The Labute approximate surface area is 234 Å². The number of amides is 1. The molecule has 0 saturated carbocycles. The fourth-order valence-corrected chi connectivity index (χ4v) is 6.24. The SMILES string of the molecule is N#Cc1cc(Cl)cc2c1C[C@H](N1CCN(C(=O)C(F)(F)F)CC1)[C@H]2Oc1ccc(SCc2ccccc2)cc1. The Morgan fingerprint density at radius 3 is 2.38 bits per heavy atom. The molecule has 39 heavy (non-hydrogen) atoms. The molecule has 0 unspecified atom stereocenters. The maximum absolute atomic E-state index is 12.9. The number of alkyl halides is 3. The number of hydrogen-bond acceptors (Lipinski definition) is 5. The molecule has 202 valence electrons. The number of benzene rings is 3. The minimum absolute atomic E-state index is 0.0306. The fourth-order valence-electron chi connectivity index (χ4n) is 5.16. The number of carbonyl (C=O) groups is 1. The lowest BCUT2D eigenvalue weighted by Crippen LogP contribution is -2.55. The predicted octanol–water partition coefficient (Wildman–Crippen LogP) is 6.26. The van der Waals surface area contributed by atoms with Crippen LogP contribution in [-0.4, -0.2) is 54.1 Å². The van der Waals surface area contributed by atoms with Crippen molar-refractivity contribution < 1.29 is 22.7 Å². The highest BCUT2D eigenvalue weighted by Crippen LogP contribution is 2.41. The van der Waals surface area contributed by atoms with Crippen molar-refractivity contribution in [2.45, 2.75) is 35.4 Å². The molecule has 1 amide bonds. The Morgan fingerprint density at radius 1 is 1.05 bits per heavy atom. The molecule has 1 aliphatic heterocycles. The second-order valence-electron chi connectivity index (χ2n) is 9.51. The third-order valence-electron chi connectivity index (χ3n) is 7.09. The molecule has 1 heterocycles. The molecular formula is C29H25ClF3N3O2S. The van der Waals surface area contributed by atoms with Gasteiger partial charge in [-0.05, 0) is 59.5 Å². The Kier molecular flexibility index (Phi) is 8.08. The van der Waals surface area contributed by atoms with Crippen LogP contribution in [0.5, 0.6) is 5.75 Å². The topological polar surface area (TPSA) is 56.6 Å². The summed E-state index contributed by atoms with van der Waals surface area (Å²) in [5.74, 6) is -0.322. The Balaban J connectivity index is 1.33. The van der Waals surface area contributed by atoms with Crippen LogP contribution in [-0.2, 0) is 17.0 Å². The van der Waals surface area contributed by atoms with Gasteiger partial charge in [0, 0.05) is 41.8 Å². The van der Waals surface area contributed by atoms with E-state index in [4.69, 9.17) is 16.3 Å². The van der Waals surface area contributed by atoms with Gasteiger partial charge in [-0.15, -0.1) is 11.8 Å². The number of thioether (sulfide) groups is 1. The van der Waals surface area contributed by atoms with Gasteiger partial charge in [-0.25, -0.2) is 0 Å². The van der Waals surface area contributed by atoms with E-state index in [-0.39, 0.29) is 32.2 Å². The van der Waals surface area contributed by atoms with Crippen LogP contribution in [0.3, 0.4) is 0 Å². The average Bonchev–Trinajstić information content (AvgIpc) is 3.29. The van der Waals surface area contributed by atoms with Gasteiger partial charge in [0.25, 0.3) is 0 Å². The summed E-state index contributed by atoms with van der Waals surface area (Å²) >= 11 is 8.06. The van der Waals surface area contributed by atoms with Crippen LogP contribution in [0.25, 0.3) is 0 Å². The molecule has 0 aromatic heterocycles. The lowest BCUT2D eigenvalue weighted by Gasteiger charge is -2.40. The molecule has 5 nitrogen and oxygen atoms in total. The van der Waals surface area contributed by atoms with Crippen LogP contribution >= 0.6 is 23.4 Å². The van der Waals surface area contributed by atoms with Crippen LogP contribution in [0.2, 0.25) is 5.02 Å². The van der Waals surface area contributed by atoms with Gasteiger partial charge < -0.3 is 9.64 Å². The van der Waals surface area contributed by atoms with Crippen molar-refractivity contribution in [2.75, 3.05) is 26.2 Å². The summed E-state index contributed by atoms with van der Waals surface area (Å²) in [6, 6.07) is 23.4. The van der Waals surface area contributed by atoms with Gasteiger partial charge in [0.2, 0.25) is 0 Å². The number of rotatable bonds is 6. The standard InChI is InChI=1S/C29H25ClF3N3O2S/c30-21-14-20(17-34)24-16-26(35-10-12-36(13-11-35)28(37)29(31,32)33)27(25(24)15-21)38-22-6-8-23(9-7-22)39-18-19-4-2-1-3-5-19/h1-9,14-15,26-27H,10-13,16,18H2/t26-,27-/m0/s1. The van der Waals surface area contributed by atoms with Crippen molar-refractivity contribution in [3.63, 3.8) is 0 Å². The lowest BCUT2D eigenvalue weighted by molar-refractivity contribution is -0.187. The largest absolute Gasteiger partial charge is 0.484 e. The monoisotopic (exact) mass is 571 g/mol. The molecular weight excluding hydrogens is 547 g/mol. The van der Waals surface area contributed by atoms with Gasteiger partial charge in [0.05, 0.1) is 17.7 Å². The summed E-state index contributed by atoms with van der Waals surface area (Å²) in [5, 5.41) is 10.1. The van der Waals surface area contributed by atoms with E-state index >= 15 is 0 Å². The summed E-state index contributed by atoms with van der Waals surface area (Å²) < 4.78 is 45.3. The van der Waals surface area contributed by atoms with Gasteiger partial charge >= 0.3 is 12.1 Å². The number of piperazine rings is 1. The fraction of sp³-hybridized carbons (Fsp3) is 0.310. The van der Waals surface area contributed by atoms with Crippen LogP contribution in [0.15, 0.2) is 71.6 Å². The minimum atomic E-state index is -4.89. The van der Waals surface area contributed by atoms with E-state index in [1.165, 1.54) is 5.56 Å². The Morgan fingerprint density at radius 2 is 1.74 bits per heavy atom. The number of carbonyl (C=O) groups excluding carboxylic acids is 1. The predicted molar refractivity (Wildman–Crippen MR) is 144 cm³/mol. The molecule has 1 aliphatic carbocycles. The molecule has 10 heteroatoms. The summed E-state index contributed by atoms with van der Waals surface area (Å²) in [7, 11) is 0. The molecule has 1 saturated heterocycles. The minimum Gasteiger partial charge on any atom is -0.484 e. The Hall–Kier alpha value is -3.19. The highest BCUT2D eigenvalue weighted by Gasteiger charge is 2.45. The summed E-state index contributed by atoms with van der Waals surface area (Å²) in [6.07, 6.45) is -4.86. The van der Waals surface area contributed by atoms with Crippen molar-refractivity contribution >= 4 is 29.3 Å². The Bertz CT molecular complexity index is 1370. The maximum atomic E-state index is 12.9. The quantitative estimate of drug-likeness (QED) is 0.327. The van der Waals surface area contributed by atoms with Crippen molar-refractivity contribution in [3.05, 3.63) is 94.0 Å². The zero-order valence-corrected chi connectivity index (χ0v) is 22.4. The number of ether oxygens (including phenoxy) is 1. The number of hydrogen-bond donors (Lipinski definition) is 0. The van der Waals surface area contributed by atoms with Gasteiger partial charge in [-0.3, -0.25) is 9.69 Å². The molecule has 0 radical (unpaired) electrons. The summed E-state index contributed by atoms with van der Waals surface area (Å²) in [5.41, 5.74) is 3.34. The van der Waals surface area contributed by atoms with E-state index in [1.807, 2.05) is 47.4 Å². The van der Waals surface area contributed by atoms with Crippen LogP contribution < -0.4 is 4.74 Å². The molecule has 2 atom stereocenters. The van der Waals surface area contributed by atoms with Crippen molar-refractivity contribution in [3.8, 4) is 11.8 Å². The molecule has 3 aromatic rings. The van der Waals surface area contributed by atoms with E-state index < -0.39 is 18.2 Å². The number of fused-ring (bicyclic) bond motifs is 1. The van der Waals surface area contributed by atoms with Gasteiger partial charge in [-0.1, -0.05) is 41.9 Å². The zero-order chi connectivity index (χ0) is 27.6. The molecule has 0 N–H and O–H groups in total. The van der Waals surface area contributed by atoms with Crippen molar-refractivity contribution in [1.29, 1.82) is 5.26 Å². The number of halogens is 4. The molecule has 0 bridgehead atoms. The third kappa shape index (κ3) is 6.19. The highest BCUT2D eigenvalue weighted by molar-refractivity contribution is 7.98. The first kappa shape index (κ1) is 27.4. The molecule has 3 aromatic carbocycles. The average molecular weight is 572 g/mol. The van der Waals surface area contributed by atoms with Gasteiger partial charge in [-0.2, -0.15) is 18.4 Å². The van der Waals surface area contributed by atoms with E-state index in [9.17, 15) is 23.2 Å². The first-order chi connectivity index (χ1) is 18.7. The third-order valence-corrected chi connectivity index (χ3v) is 8.39. The first-order valence-electron chi connectivity index (χ1n) is 12.5. The first-order valence-corrected chi connectivity index (χ1v) is 13.9. The van der Waals surface area contributed by atoms with E-state index in [0.29, 0.717) is 22.8 Å². The van der Waals surface area contributed by atoms with Gasteiger partial charge in [0.1, 0.15) is 11.9 Å². The lowest BCUT2D eigenvalue weighted by atomic mass is 10.0. The summed E-state index contributed by atoms with van der Waals surface area (Å²) in [6.45, 7) is 0.476. The number of nitrogens with zero attached hydrogens (tertiary/aromatic N) is 3. The molecule has 2 aliphatic rings. The second kappa shape index (κ2) is 11.5. The van der Waals surface area contributed by atoms with E-state index in [0.717, 1.165) is 26.7 Å². The zero-order valence-electron chi connectivity index (χ0n) is 20.8. The second-order valence-corrected chi connectivity index (χ2v) is 11.0. The van der Waals surface area contributed by atoms with E-state index in [1.54, 1.807) is 23.9 Å². The highest BCUT2D eigenvalue weighted by atomic mass is 35.5. The number of nitriles is 1.